The fraction of sp³-hybridized carbons (Fsp3) is 1.00. The molecule has 0 aromatic carbocycles. The van der Waals surface area contributed by atoms with Crippen LogP contribution in [0, 0.1) is 0 Å². The quantitative estimate of drug-likeness (QED) is 0.383. The molecule has 8 heavy (non-hydrogen) atoms. The third kappa shape index (κ3) is 4.43. The van der Waals surface area contributed by atoms with E-state index < -0.39 is 0 Å². The van der Waals surface area contributed by atoms with Gasteiger partial charge in [0.05, 0.1) is 0 Å². The lowest BCUT2D eigenvalue weighted by Gasteiger charge is -2.10. The topological polar surface area (TPSA) is 24.1 Å². The molecule has 50 valence electrons. The van der Waals surface area contributed by atoms with Crippen LogP contribution in [-0.4, -0.2) is 18.6 Å². The van der Waals surface area contributed by atoms with Gasteiger partial charge < -0.3 is 0 Å². The summed E-state index contributed by atoms with van der Waals surface area (Å²) in [6.45, 7) is 6.03. The zero-order valence-corrected chi connectivity index (χ0v) is 6.33. The van der Waals surface area contributed by atoms with E-state index in [1.165, 1.54) is 0 Å². The van der Waals surface area contributed by atoms with Gasteiger partial charge in [0.2, 0.25) is 0 Å². The van der Waals surface area contributed by atoms with Crippen molar-refractivity contribution < 1.29 is 0 Å². The van der Waals surface area contributed by atoms with E-state index in [1.54, 1.807) is 0 Å². The highest BCUT2D eigenvalue weighted by Crippen LogP contribution is 1.80. The first kappa shape index (κ1) is 8.27. The molecule has 2 nitrogen and oxygen atoms in total. The lowest BCUT2D eigenvalue weighted by atomic mass is 10.7. The maximum absolute atomic E-state index is 4.17. The van der Waals surface area contributed by atoms with E-state index in [2.05, 4.69) is 37.1 Å². The van der Waals surface area contributed by atoms with Crippen molar-refractivity contribution in [3.8, 4) is 0 Å². The predicted octanol–water partition coefficient (Wildman–Crippen LogP) is 0.419. The monoisotopic (exact) mass is 134 g/mol. The molecule has 0 heterocycles. The van der Waals surface area contributed by atoms with Gasteiger partial charge in [-0.3, -0.25) is 10.6 Å². The first-order chi connectivity index (χ1) is 3.81. The van der Waals surface area contributed by atoms with Crippen molar-refractivity contribution in [2.45, 2.75) is 19.3 Å². The fourth-order valence-corrected chi connectivity index (χ4v) is 0.824. The number of rotatable bonds is 4. The number of thiol groups is 1. The fourth-order valence-electron chi connectivity index (χ4n) is 0.459. The molecule has 0 aromatic heterocycles. The summed E-state index contributed by atoms with van der Waals surface area (Å²) < 4.78 is 0. The van der Waals surface area contributed by atoms with E-state index in [0.29, 0.717) is 0 Å². The van der Waals surface area contributed by atoms with Crippen LogP contribution in [0.4, 0.5) is 0 Å². The zero-order valence-electron chi connectivity index (χ0n) is 5.44. The van der Waals surface area contributed by atoms with Crippen LogP contribution in [-0.2, 0) is 0 Å². The number of hydrogen-bond donors (Lipinski definition) is 3. The maximum Gasteiger partial charge on any atom is 0.103 e. The van der Waals surface area contributed by atoms with E-state index in [9.17, 15) is 0 Å². The summed E-state index contributed by atoms with van der Waals surface area (Å²) >= 11 is 4.17. The maximum atomic E-state index is 4.17. The van der Waals surface area contributed by atoms with Crippen molar-refractivity contribution in [1.29, 1.82) is 0 Å². The molecule has 0 fully saturated rings. The molecule has 0 unspecified atom stereocenters. The summed E-state index contributed by atoms with van der Waals surface area (Å²) in [6, 6.07) is 0. The summed E-state index contributed by atoms with van der Waals surface area (Å²) in [5.74, 6) is 0. The summed E-state index contributed by atoms with van der Waals surface area (Å²) in [7, 11) is 0. The highest BCUT2D eigenvalue weighted by atomic mass is 32.1. The Morgan fingerprint density at radius 2 is 1.62 bits per heavy atom. The molecule has 0 aromatic rings. The number of nitrogens with one attached hydrogen (secondary N) is 2. The molecule has 0 spiro atoms. The second-order valence-corrected chi connectivity index (χ2v) is 2.03. The minimum absolute atomic E-state index is 0.157. The van der Waals surface area contributed by atoms with Crippen LogP contribution < -0.4 is 10.6 Å². The normalized spacial score (nSPS) is 10.5. The first-order valence-electron chi connectivity index (χ1n) is 2.96. The molecule has 0 rings (SSSR count). The molecule has 0 saturated heterocycles. The van der Waals surface area contributed by atoms with Gasteiger partial charge >= 0.3 is 0 Å². The Morgan fingerprint density at radius 1 is 1.25 bits per heavy atom. The van der Waals surface area contributed by atoms with E-state index in [0.717, 1.165) is 13.1 Å². The number of hydrogen-bond acceptors (Lipinski definition) is 3. The Bertz CT molecular complexity index is 43.7. The average Bonchev–Trinajstić information content (AvgIpc) is 1.68. The molecule has 0 atom stereocenters. The highest BCUT2D eigenvalue weighted by molar-refractivity contribution is 7.80. The molecule has 2 N–H and O–H groups in total. The van der Waals surface area contributed by atoms with Gasteiger partial charge in [-0.25, -0.2) is 0 Å². The van der Waals surface area contributed by atoms with Crippen molar-refractivity contribution >= 4 is 12.6 Å². The van der Waals surface area contributed by atoms with E-state index in [1.807, 2.05) is 0 Å². The molecular weight excluding hydrogens is 120 g/mol. The van der Waals surface area contributed by atoms with Crippen molar-refractivity contribution in [2.24, 2.45) is 0 Å². The Hall–Kier alpha value is 0.270. The standard InChI is InChI=1S/C5H14N2S/c1-3-6-5(8)7-4-2/h5-8H,3-4H2,1-2H3. The molecule has 0 aliphatic heterocycles. The van der Waals surface area contributed by atoms with Crippen LogP contribution in [0.5, 0.6) is 0 Å². The van der Waals surface area contributed by atoms with Gasteiger partial charge in [-0.15, -0.1) is 12.6 Å². The second-order valence-electron chi connectivity index (χ2n) is 1.52. The third-order valence-electron chi connectivity index (χ3n) is 0.795. The molecule has 0 radical (unpaired) electrons. The average molecular weight is 134 g/mol. The van der Waals surface area contributed by atoms with E-state index in [4.69, 9.17) is 0 Å². The van der Waals surface area contributed by atoms with Gasteiger partial charge in [0.25, 0.3) is 0 Å². The molecule has 3 heteroatoms. The lowest BCUT2D eigenvalue weighted by Crippen LogP contribution is -2.37. The van der Waals surface area contributed by atoms with Crippen LogP contribution in [0.25, 0.3) is 0 Å². The van der Waals surface area contributed by atoms with Crippen LogP contribution in [0.1, 0.15) is 13.8 Å². The molecule has 0 bridgehead atoms. The van der Waals surface area contributed by atoms with Gasteiger partial charge in [0.1, 0.15) is 5.50 Å². The highest BCUT2D eigenvalue weighted by Gasteiger charge is 1.92. The van der Waals surface area contributed by atoms with Crippen LogP contribution in [0.15, 0.2) is 0 Å². The molecule has 0 aliphatic carbocycles. The summed E-state index contributed by atoms with van der Waals surface area (Å²) in [5, 5.41) is 6.20. The Balaban J connectivity index is 2.92. The minimum atomic E-state index is 0.157. The van der Waals surface area contributed by atoms with Gasteiger partial charge in [-0.05, 0) is 13.1 Å². The van der Waals surface area contributed by atoms with Crippen molar-refractivity contribution in [3.63, 3.8) is 0 Å². The van der Waals surface area contributed by atoms with Crippen molar-refractivity contribution in [2.75, 3.05) is 13.1 Å². The van der Waals surface area contributed by atoms with Gasteiger partial charge in [-0.2, -0.15) is 0 Å². The van der Waals surface area contributed by atoms with E-state index >= 15 is 0 Å². The van der Waals surface area contributed by atoms with Crippen LogP contribution >= 0.6 is 12.6 Å². The molecular formula is C5H14N2S. The van der Waals surface area contributed by atoms with Gasteiger partial charge in [-0.1, -0.05) is 13.8 Å². The van der Waals surface area contributed by atoms with Crippen LogP contribution in [0.2, 0.25) is 0 Å². The SMILES string of the molecule is CCNC(S)NCC. The first-order valence-corrected chi connectivity index (χ1v) is 3.47. The zero-order chi connectivity index (χ0) is 6.41. The summed E-state index contributed by atoms with van der Waals surface area (Å²) in [4.78, 5) is 0. The Kier molecular flexibility index (Phi) is 5.59. The van der Waals surface area contributed by atoms with Gasteiger partial charge in [0.15, 0.2) is 0 Å². The van der Waals surface area contributed by atoms with Crippen molar-refractivity contribution in [1.82, 2.24) is 10.6 Å². The van der Waals surface area contributed by atoms with Gasteiger partial charge in [0, 0.05) is 0 Å². The van der Waals surface area contributed by atoms with Crippen molar-refractivity contribution in [3.05, 3.63) is 0 Å². The Labute approximate surface area is 56.5 Å². The lowest BCUT2D eigenvalue weighted by molar-refractivity contribution is 0.577. The van der Waals surface area contributed by atoms with E-state index in [-0.39, 0.29) is 5.50 Å². The molecule has 0 amide bonds. The smallest absolute Gasteiger partial charge is 0.103 e. The minimum Gasteiger partial charge on any atom is -0.294 e. The third-order valence-corrected chi connectivity index (χ3v) is 1.16. The molecule has 0 aliphatic rings. The largest absolute Gasteiger partial charge is 0.294 e. The molecule has 0 saturated carbocycles. The van der Waals surface area contributed by atoms with Crippen LogP contribution in [0.3, 0.4) is 0 Å². The Morgan fingerprint density at radius 3 is 1.88 bits per heavy atom. The summed E-state index contributed by atoms with van der Waals surface area (Å²) in [6.07, 6.45) is 0. The predicted molar refractivity (Wildman–Crippen MR) is 40.1 cm³/mol. The second kappa shape index (κ2) is 5.41. The summed E-state index contributed by atoms with van der Waals surface area (Å²) in [5.41, 5.74) is 0.157.